The van der Waals surface area contributed by atoms with E-state index in [2.05, 4.69) is 13.0 Å². The quantitative estimate of drug-likeness (QED) is 0.488. The van der Waals surface area contributed by atoms with Gasteiger partial charge >= 0.3 is 0 Å². The molecule has 0 bridgehead atoms. The molecular weight excluding hydrogens is 248 g/mol. The summed E-state index contributed by atoms with van der Waals surface area (Å²) in [6.07, 6.45) is 10.3. The zero-order chi connectivity index (χ0) is 15.5. The lowest BCUT2D eigenvalue weighted by Gasteiger charge is -2.04. The van der Waals surface area contributed by atoms with Crippen molar-refractivity contribution in [2.45, 2.75) is 72.8 Å². The Morgan fingerprint density at radius 3 is 2.20 bits per heavy atom. The summed E-state index contributed by atoms with van der Waals surface area (Å²) in [6, 6.07) is 0. The first kappa shape index (κ1) is 18.9. The van der Waals surface area contributed by atoms with Crippen molar-refractivity contribution in [1.29, 1.82) is 0 Å². The molecular formula is C18H30O2. The fourth-order valence-electron chi connectivity index (χ4n) is 1.96. The molecule has 0 spiro atoms. The molecule has 0 amide bonds. The SMILES string of the molecule is CC(C)=CC(=O)/C=C(\C)CCC/C(C)=C/CCC(C)O. The van der Waals surface area contributed by atoms with Crippen LogP contribution in [0.4, 0.5) is 0 Å². The van der Waals surface area contributed by atoms with Crippen molar-refractivity contribution in [3.8, 4) is 0 Å². The molecule has 0 fully saturated rings. The molecule has 0 aliphatic carbocycles. The van der Waals surface area contributed by atoms with Crippen LogP contribution in [0, 0.1) is 0 Å². The van der Waals surface area contributed by atoms with Gasteiger partial charge in [-0.1, -0.05) is 22.8 Å². The van der Waals surface area contributed by atoms with Crippen LogP contribution < -0.4 is 0 Å². The minimum Gasteiger partial charge on any atom is -0.393 e. The average Bonchev–Trinajstić information content (AvgIpc) is 2.26. The highest BCUT2D eigenvalue weighted by Gasteiger charge is 1.98. The normalized spacial score (nSPS) is 14.1. The summed E-state index contributed by atoms with van der Waals surface area (Å²) in [5, 5.41) is 9.19. The van der Waals surface area contributed by atoms with Crippen LogP contribution in [0.15, 0.2) is 34.9 Å². The van der Waals surface area contributed by atoms with Crippen molar-refractivity contribution in [1.82, 2.24) is 0 Å². The van der Waals surface area contributed by atoms with Crippen LogP contribution in [0.5, 0.6) is 0 Å². The predicted molar refractivity (Wildman–Crippen MR) is 86.7 cm³/mol. The van der Waals surface area contributed by atoms with Crippen LogP contribution in [-0.2, 0) is 4.79 Å². The lowest BCUT2D eigenvalue weighted by molar-refractivity contribution is -0.110. The number of carbonyl (C=O) groups is 1. The minimum atomic E-state index is -0.217. The second-order valence-corrected chi connectivity index (χ2v) is 5.95. The number of aliphatic hydroxyl groups is 1. The van der Waals surface area contributed by atoms with E-state index in [4.69, 9.17) is 0 Å². The van der Waals surface area contributed by atoms with Gasteiger partial charge in [0.05, 0.1) is 6.10 Å². The van der Waals surface area contributed by atoms with E-state index in [0.29, 0.717) is 0 Å². The Morgan fingerprint density at radius 2 is 1.65 bits per heavy atom. The van der Waals surface area contributed by atoms with E-state index in [1.165, 1.54) is 5.57 Å². The first-order chi connectivity index (χ1) is 9.31. The van der Waals surface area contributed by atoms with Gasteiger partial charge in [-0.2, -0.15) is 0 Å². The lowest BCUT2D eigenvalue weighted by Crippen LogP contribution is -1.97. The molecule has 1 unspecified atom stereocenters. The van der Waals surface area contributed by atoms with E-state index in [-0.39, 0.29) is 11.9 Å². The van der Waals surface area contributed by atoms with E-state index >= 15 is 0 Å². The monoisotopic (exact) mass is 278 g/mol. The summed E-state index contributed by atoms with van der Waals surface area (Å²) in [6.45, 7) is 9.84. The van der Waals surface area contributed by atoms with Gasteiger partial charge in [-0.25, -0.2) is 0 Å². The third kappa shape index (κ3) is 11.9. The van der Waals surface area contributed by atoms with Crippen LogP contribution in [0.25, 0.3) is 0 Å². The number of hydrogen-bond donors (Lipinski definition) is 1. The van der Waals surface area contributed by atoms with Gasteiger partial charge in [-0.05, 0) is 78.9 Å². The molecule has 0 radical (unpaired) electrons. The Hall–Kier alpha value is -1.15. The van der Waals surface area contributed by atoms with Gasteiger partial charge < -0.3 is 5.11 Å². The topological polar surface area (TPSA) is 37.3 Å². The van der Waals surface area contributed by atoms with Crippen molar-refractivity contribution in [3.63, 3.8) is 0 Å². The van der Waals surface area contributed by atoms with Gasteiger partial charge in [0.25, 0.3) is 0 Å². The molecule has 2 heteroatoms. The number of ketones is 1. The highest BCUT2D eigenvalue weighted by molar-refractivity contribution is 5.99. The molecule has 0 aromatic carbocycles. The van der Waals surface area contributed by atoms with Crippen molar-refractivity contribution in [2.24, 2.45) is 0 Å². The molecule has 2 nitrogen and oxygen atoms in total. The van der Waals surface area contributed by atoms with Gasteiger partial charge in [0.2, 0.25) is 0 Å². The molecule has 0 aliphatic rings. The molecule has 0 heterocycles. The van der Waals surface area contributed by atoms with Crippen molar-refractivity contribution in [3.05, 3.63) is 34.9 Å². The molecule has 1 N–H and O–H groups in total. The third-order valence-corrected chi connectivity index (χ3v) is 3.04. The third-order valence-electron chi connectivity index (χ3n) is 3.04. The van der Waals surface area contributed by atoms with E-state index < -0.39 is 0 Å². The molecule has 0 saturated heterocycles. The van der Waals surface area contributed by atoms with Crippen LogP contribution in [0.2, 0.25) is 0 Å². The predicted octanol–water partition coefficient (Wildman–Crippen LogP) is 4.75. The Balaban J connectivity index is 4.02. The van der Waals surface area contributed by atoms with Gasteiger partial charge in [0, 0.05) is 0 Å². The fraction of sp³-hybridized carbons (Fsp3) is 0.611. The second-order valence-electron chi connectivity index (χ2n) is 5.95. The first-order valence-electron chi connectivity index (χ1n) is 7.51. The first-order valence-corrected chi connectivity index (χ1v) is 7.51. The zero-order valence-corrected chi connectivity index (χ0v) is 13.7. The zero-order valence-electron chi connectivity index (χ0n) is 13.7. The largest absolute Gasteiger partial charge is 0.393 e. The Labute approximate surface area is 124 Å². The van der Waals surface area contributed by atoms with Crippen LogP contribution in [-0.4, -0.2) is 17.0 Å². The summed E-state index contributed by atoms with van der Waals surface area (Å²) in [4.78, 5) is 11.6. The Morgan fingerprint density at radius 1 is 1.05 bits per heavy atom. The van der Waals surface area contributed by atoms with E-state index in [0.717, 1.165) is 43.3 Å². The van der Waals surface area contributed by atoms with E-state index in [1.54, 1.807) is 12.2 Å². The minimum absolute atomic E-state index is 0.0895. The number of carbonyl (C=O) groups excluding carboxylic acids is 1. The van der Waals surface area contributed by atoms with Gasteiger partial charge in [0.15, 0.2) is 5.78 Å². The molecule has 0 aromatic heterocycles. The molecule has 0 saturated carbocycles. The number of hydrogen-bond acceptors (Lipinski definition) is 2. The van der Waals surface area contributed by atoms with Crippen LogP contribution in [0.3, 0.4) is 0 Å². The fourth-order valence-corrected chi connectivity index (χ4v) is 1.96. The molecule has 0 rings (SSSR count). The maximum Gasteiger partial charge on any atom is 0.178 e. The lowest BCUT2D eigenvalue weighted by atomic mass is 10.0. The smallest absolute Gasteiger partial charge is 0.178 e. The number of aliphatic hydroxyl groups excluding tert-OH is 1. The summed E-state index contributed by atoms with van der Waals surface area (Å²) >= 11 is 0. The summed E-state index contributed by atoms with van der Waals surface area (Å²) < 4.78 is 0. The maximum absolute atomic E-state index is 11.6. The summed E-state index contributed by atoms with van der Waals surface area (Å²) in [7, 11) is 0. The standard InChI is InChI=1S/C18H30O2/c1-14(2)12-18(20)13-16(4)10-6-8-15(3)9-7-11-17(5)19/h9,12-13,17,19H,6-8,10-11H2,1-5H3/b15-9+,16-13+. The number of allylic oxidation sites excluding steroid dienone is 6. The number of rotatable bonds is 9. The van der Waals surface area contributed by atoms with E-state index in [1.807, 2.05) is 27.7 Å². The summed E-state index contributed by atoms with van der Waals surface area (Å²) in [5.41, 5.74) is 3.55. The van der Waals surface area contributed by atoms with Gasteiger partial charge in [-0.3, -0.25) is 4.79 Å². The Bertz CT molecular complexity index is 380. The highest BCUT2D eigenvalue weighted by Crippen LogP contribution is 2.13. The molecule has 1 atom stereocenters. The summed E-state index contributed by atoms with van der Waals surface area (Å²) in [5.74, 6) is 0.0895. The maximum atomic E-state index is 11.6. The van der Waals surface area contributed by atoms with Gasteiger partial charge in [-0.15, -0.1) is 0 Å². The van der Waals surface area contributed by atoms with E-state index in [9.17, 15) is 9.90 Å². The van der Waals surface area contributed by atoms with Crippen LogP contribution >= 0.6 is 0 Å². The van der Waals surface area contributed by atoms with Crippen LogP contribution in [0.1, 0.15) is 66.7 Å². The van der Waals surface area contributed by atoms with Crippen molar-refractivity contribution in [2.75, 3.05) is 0 Å². The Kier molecular flexibility index (Phi) is 10.0. The van der Waals surface area contributed by atoms with Gasteiger partial charge in [0.1, 0.15) is 0 Å². The second kappa shape index (κ2) is 10.6. The average molecular weight is 278 g/mol. The molecule has 0 aromatic rings. The molecule has 114 valence electrons. The highest BCUT2D eigenvalue weighted by atomic mass is 16.3. The molecule has 20 heavy (non-hydrogen) atoms. The molecule has 0 aliphatic heterocycles. The van der Waals surface area contributed by atoms with Crippen molar-refractivity contribution >= 4 is 5.78 Å². The van der Waals surface area contributed by atoms with Crippen molar-refractivity contribution < 1.29 is 9.90 Å².